The third-order valence-corrected chi connectivity index (χ3v) is 1.39. The molecule has 1 aromatic rings. The summed E-state index contributed by atoms with van der Waals surface area (Å²) in [6.45, 7) is 0.416. The number of methoxy groups -OCH3 is 1. The highest BCUT2D eigenvalue weighted by atomic mass is 16.5. The summed E-state index contributed by atoms with van der Waals surface area (Å²) in [5.74, 6) is -0.0171. The van der Waals surface area contributed by atoms with Crippen LogP contribution in [0.25, 0.3) is 0 Å². The van der Waals surface area contributed by atoms with Crippen LogP contribution in [0.2, 0.25) is 0 Å². The van der Waals surface area contributed by atoms with Gasteiger partial charge in [0.1, 0.15) is 5.76 Å². The fraction of sp³-hybridized carbons (Fsp3) is 0.429. The molecule has 0 saturated heterocycles. The zero-order chi connectivity index (χ0) is 8.97. The fourth-order valence-electron chi connectivity index (χ4n) is 0.842. The summed E-state index contributed by atoms with van der Waals surface area (Å²) in [6, 6.07) is 0. The molecule has 0 bridgehead atoms. The van der Waals surface area contributed by atoms with Gasteiger partial charge in [0, 0.05) is 6.42 Å². The molecular formula is C7H10N2O3. The second kappa shape index (κ2) is 3.87. The van der Waals surface area contributed by atoms with Crippen molar-refractivity contribution in [2.45, 2.75) is 6.42 Å². The molecule has 0 aliphatic carbocycles. The highest BCUT2D eigenvalue weighted by molar-refractivity contribution is 5.88. The van der Waals surface area contributed by atoms with Crippen LogP contribution < -0.4 is 5.73 Å². The predicted molar refractivity (Wildman–Crippen MR) is 40.6 cm³/mol. The molecule has 5 nitrogen and oxygen atoms in total. The Morgan fingerprint density at radius 1 is 1.83 bits per heavy atom. The van der Waals surface area contributed by atoms with Gasteiger partial charge in [-0.15, -0.1) is 0 Å². The van der Waals surface area contributed by atoms with E-state index in [1.165, 1.54) is 13.5 Å². The molecule has 2 N–H and O–H groups in total. The maximum absolute atomic E-state index is 11.0. The first-order chi connectivity index (χ1) is 5.79. The fourth-order valence-corrected chi connectivity index (χ4v) is 0.842. The van der Waals surface area contributed by atoms with Gasteiger partial charge >= 0.3 is 5.97 Å². The summed E-state index contributed by atoms with van der Waals surface area (Å²) in [6.07, 6.45) is 1.70. The summed E-state index contributed by atoms with van der Waals surface area (Å²) < 4.78 is 9.42. The highest BCUT2D eigenvalue weighted by Crippen LogP contribution is 2.07. The number of nitrogens with zero attached hydrogens (tertiary/aromatic N) is 1. The van der Waals surface area contributed by atoms with E-state index in [-0.39, 0.29) is 5.69 Å². The molecule has 0 saturated carbocycles. The maximum Gasteiger partial charge on any atom is 0.360 e. The number of ether oxygens (including phenoxy) is 1. The minimum absolute atomic E-state index is 0.211. The number of carbonyl (C=O) groups is 1. The van der Waals surface area contributed by atoms with Gasteiger partial charge < -0.3 is 14.9 Å². The minimum atomic E-state index is -0.493. The molecule has 0 spiro atoms. The van der Waals surface area contributed by atoms with Crippen LogP contribution in [0.1, 0.15) is 16.2 Å². The van der Waals surface area contributed by atoms with Crippen LogP contribution in [0, 0.1) is 0 Å². The summed E-state index contributed by atoms with van der Waals surface area (Å²) in [4.78, 5) is 14.7. The molecule has 0 aliphatic rings. The normalized spacial score (nSPS) is 9.83. The van der Waals surface area contributed by atoms with E-state index in [9.17, 15) is 4.79 Å². The lowest BCUT2D eigenvalue weighted by Crippen LogP contribution is -2.09. The molecule has 0 atom stereocenters. The Balaban J connectivity index is 2.83. The molecule has 0 aromatic carbocycles. The zero-order valence-electron chi connectivity index (χ0n) is 6.74. The molecule has 0 amide bonds. The van der Waals surface area contributed by atoms with E-state index in [0.717, 1.165) is 0 Å². The summed E-state index contributed by atoms with van der Waals surface area (Å²) in [5, 5.41) is 0. The number of aromatic nitrogens is 1. The first-order valence-electron chi connectivity index (χ1n) is 3.50. The third-order valence-electron chi connectivity index (χ3n) is 1.39. The van der Waals surface area contributed by atoms with E-state index in [1.807, 2.05) is 0 Å². The van der Waals surface area contributed by atoms with Gasteiger partial charge in [0.15, 0.2) is 12.1 Å². The van der Waals surface area contributed by atoms with Crippen LogP contribution in [0.15, 0.2) is 10.8 Å². The average molecular weight is 170 g/mol. The van der Waals surface area contributed by atoms with Gasteiger partial charge in [-0.05, 0) is 6.54 Å². The lowest BCUT2D eigenvalue weighted by Gasteiger charge is -1.96. The maximum atomic E-state index is 11.0. The Morgan fingerprint density at radius 3 is 3.17 bits per heavy atom. The summed E-state index contributed by atoms with van der Waals surface area (Å²) >= 11 is 0. The van der Waals surface area contributed by atoms with Gasteiger partial charge in [-0.3, -0.25) is 0 Å². The summed E-state index contributed by atoms with van der Waals surface area (Å²) in [5.41, 5.74) is 5.50. The molecule has 5 heteroatoms. The number of hydrogen-bond donors (Lipinski definition) is 1. The first-order valence-corrected chi connectivity index (χ1v) is 3.50. The highest BCUT2D eigenvalue weighted by Gasteiger charge is 2.15. The van der Waals surface area contributed by atoms with E-state index in [2.05, 4.69) is 9.72 Å². The van der Waals surface area contributed by atoms with Gasteiger partial charge in [-0.1, -0.05) is 0 Å². The van der Waals surface area contributed by atoms with Crippen LogP contribution >= 0.6 is 0 Å². The SMILES string of the molecule is COC(=O)c1ncoc1CCN. The van der Waals surface area contributed by atoms with E-state index in [1.54, 1.807) is 0 Å². The molecule has 12 heavy (non-hydrogen) atoms. The van der Waals surface area contributed by atoms with Crippen molar-refractivity contribution < 1.29 is 13.9 Å². The third kappa shape index (κ3) is 1.62. The van der Waals surface area contributed by atoms with Crippen molar-refractivity contribution in [1.29, 1.82) is 0 Å². The lowest BCUT2D eigenvalue weighted by atomic mass is 10.2. The average Bonchev–Trinajstić information content (AvgIpc) is 2.52. The number of oxazole rings is 1. The molecule has 0 unspecified atom stereocenters. The van der Waals surface area contributed by atoms with Crippen molar-refractivity contribution >= 4 is 5.97 Å². The Labute approximate surface area is 69.5 Å². The number of hydrogen-bond acceptors (Lipinski definition) is 5. The van der Waals surface area contributed by atoms with Crippen molar-refractivity contribution in [3.8, 4) is 0 Å². The van der Waals surface area contributed by atoms with E-state index < -0.39 is 5.97 Å². The first kappa shape index (κ1) is 8.73. The van der Waals surface area contributed by atoms with Crippen molar-refractivity contribution in [3.05, 3.63) is 17.8 Å². The van der Waals surface area contributed by atoms with Crippen molar-refractivity contribution in [2.24, 2.45) is 5.73 Å². The second-order valence-corrected chi connectivity index (χ2v) is 2.15. The Hall–Kier alpha value is -1.36. The molecule has 66 valence electrons. The quantitative estimate of drug-likeness (QED) is 0.644. The number of carbonyl (C=O) groups excluding carboxylic acids is 1. The largest absolute Gasteiger partial charge is 0.464 e. The molecule has 1 heterocycles. The van der Waals surface area contributed by atoms with E-state index in [0.29, 0.717) is 18.7 Å². The lowest BCUT2D eigenvalue weighted by molar-refractivity contribution is 0.0592. The van der Waals surface area contributed by atoms with Gasteiger partial charge in [0.25, 0.3) is 0 Å². The Kier molecular flexibility index (Phi) is 2.82. The number of nitrogens with two attached hydrogens (primary N) is 1. The summed E-state index contributed by atoms with van der Waals surface area (Å²) in [7, 11) is 1.29. The Bertz CT molecular complexity index is 269. The monoisotopic (exact) mass is 170 g/mol. The van der Waals surface area contributed by atoms with Crippen LogP contribution in [-0.2, 0) is 11.2 Å². The van der Waals surface area contributed by atoms with Crippen LogP contribution in [0.5, 0.6) is 0 Å². The van der Waals surface area contributed by atoms with Gasteiger partial charge in [-0.2, -0.15) is 0 Å². The smallest absolute Gasteiger partial charge is 0.360 e. The predicted octanol–water partition coefficient (Wildman–Crippen LogP) is -0.0376. The van der Waals surface area contributed by atoms with Gasteiger partial charge in [-0.25, -0.2) is 9.78 Å². The van der Waals surface area contributed by atoms with Crippen molar-refractivity contribution in [3.63, 3.8) is 0 Å². The minimum Gasteiger partial charge on any atom is -0.464 e. The number of rotatable bonds is 3. The van der Waals surface area contributed by atoms with Gasteiger partial charge in [0.2, 0.25) is 0 Å². The number of esters is 1. The molecule has 0 aliphatic heterocycles. The molecule has 1 rings (SSSR count). The second-order valence-electron chi connectivity index (χ2n) is 2.15. The molecular weight excluding hydrogens is 160 g/mol. The van der Waals surface area contributed by atoms with Crippen molar-refractivity contribution in [1.82, 2.24) is 4.98 Å². The van der Waals surface area contributed by atoms with Gasteiger partial charge in [0.05, 0.1) is 7.11 Å². The van der Waals surface area contributed by atoms with Crippen molar-refractivity contribution in [2.75, 3.05) is 13.7 Å². The van der Waals surface area contributed by atoms with Crippen LogP contribution in [0.3, 0.4) is 0 Å². The van der Waals surface area contributed by atoms with Crippen LogP contribution in [-0.4, -0.2) is 24.6 Å². The Morgan fingerprint density at radius 2 is 2.58 bits per heavy atom. The van der Waals surface area contributed by atoms with Crippen LogP contribution in [0.4, 0.5) is 0 Å². The van der Waals surface area contributed by atoms with E-state index in [4.69, 9.17) is 10.2 Å². The molecule has 0 fully saturated rings. The standard InChI is InChI=1S/C7H10N2O3/c1-11-7(10)6-5(2-3-8)12-4-9-6/h4H,2-3,8H2,1H3. The topological polar surface area (TPSA) is 78.3 Å². The molecule has 1 aromatic heterocycles. The zero-order valence-corrected chi connectivity index (χ0v) is 6.74. The molecule has 0 radical (unpaired) electrons. The van der Waals surface area contributed by atoms with E-state index >= 15 is 0 Å².